The molecule has 3 nitrogen and oxygen atoms in total. The second-order valence-corrected chi connectivity index (χ2v) is 3.05. The Morgan fingerprint density at radius 1 is 1.67 bits per heavy atom. The lowest BCUT2D eigenvalue weighted by atomic mass is 10.3. The maximum Gasteiger partial charge on any atom is 0.0534 e. The van der Waals surface area contributed by atoms with E-state index in [1.807, 2.05) is 13.8 Å². The number of rotatable bonds is 0. The smallest absolute Gasteiger partial charge is 0.0534 e. The quantitative estimate of drug-likeness (QED) is 0.408. The molecule has 0 spiro atoms. The fourth-order valence-corrected chi connectivity index (χ4v) is 1.04. The van der Waals surface area contributed by atoms with Crippen LogP contribution in [0.5, 0.6) is 0 Å². The van der Waals surface area contributed by atoms with Gasteiger partial charge in [0.15, 0.2) is 0 Å². The minimum atomic E-state index is 1.18. The van der Waals surface area contributed by atoms with Crippen molar-refractivity contribution in [1.82, 2.24) is 4.52 Å². The number of nitrogens with zero attached hydrogens (tertiary/aromatic N) is 2. The van der Waals surface area contributed by atoms with Crippen molar-refractivity contribution < 1.29 is 0 Å². The normalized spacial score (nSPS) is 19.2. The monoisotopic (exact) mass is 143 g/mol. The van der Waals surface area contributed by atoms with Crippen molar-refractivity contribution in [2.45, 2.75) is 13.8 Å². The molecule has 4 heteroatoms. The Balaban J connectivity index is 2.75. The molecule has 1 aliphatic heterocycles. The first-order chi connectivity index (χ1) is 4.20. The summed E-state index contributed by atoms with van der Waals surface area (Å²) in [4.78, 5) is 1.20. The van der Waals surface area contributed by atoms with Crippen LogP contribution in [0.4, 0.5) is 0 Å². The van der Waals surface area contributed by atoms with Crippen LogP contribution >= 0.6 is 11.9 Å². The Bertz CT molecular complexity index is 173. The summed E-state index contributed by atoms with van der Waals surface area (Å²) >= 11 is 1.44. The van der Waals surface area contributed by atoms with Gasteiger partial charge in [0.2, 0.25) is 0 Å². The van der Waals surface area contributed by atoms with E-state index in [9.17, 15) is 0 Å². The number of nitrogens with two attached hydrogens (primary N) is 1. The summed E-state index contributed by atoms with van der Waals surface area (Å²) in [6.45, 7) is 4.03. The highest BCUT2D eigenvalue weighted by atomic mass is 32.2. The van der Waals surface area contributed by atoms with Gasteiger partial charge in [-0.05, 0) is 19.4 Å². The highest BCUT2D eigenvalue weighted by Gasteiger charge is 2.04. The lowest BCUT2D eigenvalue weighted by molar-refractivity contribution is 0.538. The zero-order valence-corrected chi connectivity index (χ0v) is 6.27. The molecule has 1 aliphatic rings. The van der Waals surface area contributed by atoms with E-state index in [2.05, 4.69) is 5.10 Å². The van der Waals surface area contributed by atoms with Gasteiger partial charge in [-0.1, -0.05) is 0 Å². The first-order valence-electron chi connectivity index (χ1n) is 2.64. The van der Waals surface area contributed by atoms with E-state index >= 15 is 0 Å². The Kier molecular flexibility index (Phi) is 1.78. The van der Waals surface area contributed by atoms with E-state index < -0.39 is 0 Å². The van der Waals surface area contributed by atoms with Crippen molar-refractivity contribution in [3.63, 3.8) is 0 Å². The molecule has 0 fully saturated rings. The van der Waals surface area contributed by atoms with E-state index in [1.165, 1.54) is 26.9 Å². The molecule has 0 aliphatic carbocycles. The van der Waals surface area contributed by atoms with Crippen molar-refractivity contribution in [3.8, 4) is 0 Å². The third-order valence-electron chi connectivity index (χ3n) is 1.15. The van der Waals surface area contributed by atoms with Gasteiger partial charge in [-0.3, -0.25) is 0 Å². The lowest BCUT2D eigenvalue weighted by Crippen LogP contribution is -2.19. The second kappa shape index (κ2) is 2.41. The molecule has 0 radical (unpaired) electrons. The molecule has 0 atom stereocenters. The summed E-state index contributed by atoms with van der Waals surface area (Å²) < 4.78 is 1.35. The zero-order valence-electron chi connectivity index (χ0n) is 5.46. The van der Waals surface area contributed by atoms with Crippen LogP contribution in [0.2, 0.25) is 0 Å². The molecule has 0 bridgehead atoms. The van der Waals surface area contributed by atoms with Crippen molar-refractivity contribution in [2.75, 3.05) is 0 Å². The molecule has 0 aromatic heterocycles. The zero-order chi connectivity index (χ0) is 6.85. The molecule has 0 aromatic rings. The Labute approximate surface area is 58.7 Å². The third-order valence-corrected chi connectivity index (χ3v) is 2.03. The fraction of sp³-hybridized carbons (Fsp3) is 0.400. The van der Waals surface area contributed by atoms with Crippen LogP contribution in [-0.2, 0) is 0 Å². The van der Waals surface area contributed by atoms with Crippen LogP contribution in [0.1, 0.15) is 13.8 Å². The van der Waals surface area contributed by atoms with Gasteiger partial charge in [-0.2, -0.15) is 9.62 Å². The van der Waals surface area contributed by atoms with Gasteiger partial charge < -0.3 is 0 Å². The molecule has 0 saturated heterocycles. The van der Waals surface area contributed by atoms with Gasteiger partial charge in [-0.25, -0.2) is 5.84 Å². The van der Waals surface area contributed by atoms with Gasteiger partial charge in [0, 0.05) is 16.9 Å². The Morgan fingerprint density at radius 3 is 2.78 bits per heavy atom. The van der Waals surface area contributed by atoms with Crippen molar-refractivity contribution in [2.24, 2.45) is 10.9 Å². The van der Waals surface area contributed by atoms with Crippen LogP contribution in [0.15, 0.2) is 15.6 Å². The van der Waals surface area contributed by atoms with E-state index in [-0.39, 0.29) is 0 Å². The molecule has 0 aromatic carbocycles. The lowest BCUT2D eigenvalue weighted by Gasteiger charge is -2.15. The van der Waals surface area contributed by atoms with Crippen molar-refractivity contribution >= 4 is 18.2 Å². The molecular weight excluding hydrogens is 134 g/mol. The summed E-state index contributed by atoms with van der Waals surface area (Å²) in [5, 5.41) is 3.85. The van der Waals surface area contributed by atoms with Gasteiger partial charge in [0.1, 0.15) is 0 Å². The SMILES string of the molecule is CC1=C(C)SN(N)N=C1. The maximum atomic E-state index is 5.35. The number of hydrazone groups is 1. The predicted octanol–water partition coefficient (Wildman–Crippen LogP) is 1.10. The van der Waals surface area contributed by atoms with Gasteiger partial charge in [-0.15, -0.1) is 0 Å². The minimum Gasteiger partial charge on any atom is -0.220 e. The van der Waals surface area contributed by atoms with Crippen LogP contribution in [0.3, 0.4) is 0 Å². The minimum absolute atomic E-state index is 1.18. The van der Waals surface area contributed by atoms with E-state index in [0.29, 0.717) is 0 Å². The molecule has 1 heterocycles. The molecule has 0 saturated carbocycles. The van der Waals surface area contributed by atoms with Gasteiger partial charge in [0.05, 0.1) is 6.21 Å². The molecule has 0 unspecified atom stereocenters. The van der Waals surface area contributed by atoms with E-state index in [1.54, 1.807) is 6.21 Å². The first-order valence-corrected chi connectivity index (χ1v) is 3.42. The summed E-state index contributed by atoms with van der Waals surface area (Å²) in [5.74, 6) is 5.35. The second-order valence-electron chi connectivity index (χ2n) is 1.88. The standard InChI is InChI=1S/C5H9N3S/c1-4-3-7-8(6)9-5(4)2/h3H,6H2,1-2H3. The highest BCUT2D eigenvalue weighted by Crippen LogP contribution is 2.23. The molecule has 50 valence electrons. The summed E-state index contributed by atoms with van der Waals surface area (Å²) in [7, 11) is 0. The molecule has 0 amide bonds. The molecule has 2 N–H and O–H groups in total. The topological polar surface area (TPSA) is 41.6 Å². The summed E-state index contributed by atoms with van der Waals surface area (Å²) in [5.41, 5.74) is 1.18. The molecule has 1 rings (SSSR count). The van der Waals surface area contributed by atoms with Gasteiger partial charge in [0.25, 0.3) is 0 Å². The van der Waals surface area contributed by atoms with Crippen LogP contribution in [0, 0.1) is 0 Å². The summed E-state index contributed by atoms with van der Waals surface area (Å²) in [6.07, 6.45) is 1.76. The number of hydrogen-bond acceptors (Lipinski definition) is 4. The fourth-order valence-electron chi connectivity index (χ4n) is 0.470. The number of hydrazine groups is 1. The first kappa shape index (κ1) is 6.64. The van der Waals surface area contributed by atoms with Crippen LogP contribution in [0.25, 0.3) is 0 Å². The number of hydrogen-bond donors (Lipinski definition) is 1. The van der Waals surface area contributed by atoms with E-state index in [0.717, 1.165) is 0 Å². The largest absolute Gasteiger partial charge is 0.220 e. The Hall–Kier alpha value is -0.480. The Morgan fingerprint density at radius 2 is 2.33 bits per heavy atom. The van der Waals surface area contributed by atoms with Crippen LogP contribution < -0.4 is 5.84 Å². The molecular formula is C5H9N3S. The number of allylic oxidation sites excluding steroid dienone is 2. The van der Waals surface area contributed by atoms with Crippen molar-refractivity contribution in [3.05, 3.63) is 10.5 Å². The highest BCUT2D eigenvalue weighted by molar-refractivity contribution is 8.00. The van der Waals surface area contributed by atoms with E-state index in [4.69, 9.17) is 5.84 Å². The predicted molar refractivity (Wildman–Crippen MR) is 40.5 cm³/mol. The average molecular weight is 143 g/mol. The average Bonchev–Trinajstić information content (AvgIpc) is 1.80. The van der Waals surface area contributed by atoms with Crippen molar-refractivity contribution in [1.29, 1.82) is 0 Å². The van der Waals surface area contributed by atoms with Gasteiger partial charge >= 0.3 is 0 Å². The molecule has 9 heavy (non-hydrogen) atoms. The summed E-state index contributed by atoms with van der Waals surface area (Å²) in [6, 6.07) is 0. The maximum absolute atomic E-state index is 5.35. The third kappa shape index (κ3) is 1.46. The van der Waals surface area contributed by atoms with Crippen LogP contribution in [-0.4, -0.2) is 10.7 Å².